The number of nitrogens with zero attached hydrogens (tertiary/aromatic N) is 1. The third-order valence-corrected chi connectivity index (χ3v) is 8.80. The molecule has 1 amide bonds. The predicted octanol–water partition coefficient (Wildman–Crippen LogP) is 5.57. The number of carbonyl (C=O) groups is 4. The Hall–Kier alpha value is -4.12. The second-order valence-corrected chi connectivity index (χ2v) is 12.0. The Labute approximate surface area is 254 Å². The van der Waals surface area contributed by atoms with Crippen molar-refractivity contribution < 1.29 is 43.6 Å². The van der Waals surface area contributed by atoms with Gasteiger partial charge in [-0.15, -0.1) is 11.3 Å². The highest BCUT2D eigenvalue weighted by molar-refractivity contribution is 7.20. The lowest BCUT2D eigenvalue weighted by Crippen LogP contribution is -2.28. The first-order valence-corrected chi connectivity index (χ1v) is 15.0. The Bertz CT molecular complexity index is 1530. The molecule has 1 aliphatic heterocycles. The molecule has 3 aromatic rings. The number of ketones is 1. The van der Waals surface area contributed by atoms with Crippen LogP contribution in [0.15, 0.2) is 30.3 Å². The molecule has 4 rings (SSSR count). The van der Waals surface area contributed by atoms with Crippen LogP contribution in [0.2, 0.25) is 0 Å². The number of aliphatic carboxylic acids is 2. The lowest BCUT2D eigenvalue weighted by atomic mass is 10.0. The molecule has 2 atom stereocenters. The second-order valence-electron chi connectivity index (χ2n) is 10.9. The number of ether oxygens (including phenoxy) is 3. The topological polar surface area (TPSA) is 140 Å². The fourth-order valence-corrected chi connectivity index (χ4v) is 6.13. The Morgan fingerprint density at radius 3 is 2.14 bits per heavy atom. The second kappa shape index (κ2) is 13.9. The van der Waals surface area contributed by atoms with E-state index in [0.717, 1.165) is 46.0 Å². The first kappa shape index (κ1) is 31.8. The number of carboxylic acid groups (broad SMARTS) is 2. The molecule has 0 saturated heterocycles. The zero-order valence-electron chi connectivity index (χ0n) is 24.8. The number of fused-ring (bicyclic) bond motifs is 2. The Morgan fingerprint density at radius 2 is 1.51 bits per heavy atom. The fourth-order valence-electron chi connectivity index (χ4n) is 5.04. The molecular weight excluding hydrogens is 574 g/mol. The fraction of sp³-hybridized carbons (Fsp3) is 0.438. The highest BCUT2D eigenvalue weighted by Gasteiger charge is 2.28. The Morgan fingerprint density at radius 1 is 0.860 bits per heavy atom. The van der Waals surface area contributed by atoms with Gasteiger partial charge >= 0.3 is 11.9 Å². The summed E-state index contributed by atoms with van der Waals surface area (Å²) in [5.74, 6) is -1.97. The Kier molecular flexibility index (Phi) is 10.3. The molecule has 43 heavy (non-hydrogen) atoms. The molecule has 230 valence electrons. The first-order chi connectivity index (χ1) is 20.5. The van der Waals surface area contributed by atoms with Crippen molar-refractivity contribution in [3.63, 3.8) is 0 Å². The molecule has 2 N–H and O–H groups in total. The van der Waals surface area contributed by atoms with Crippen LogP contribution < -0.4 is 14.2 Å². The summed E-state index contributed by atoms with van der Waals surface area (Å²) in [7, 11) is 3.17. The van der Waals surface area contributed by atoms with Crippen LogP contribution >= 0.6 is 11.3 Å². The van der Waals surface area contributed by atoms with Gasteiger partial charge in [0, 0.05) is 30.6 Å². The quantitative estimate of drug-likeness (QED) is 0.167. The zero-order chi connectivity index (χ0) is 31.3. The third-order valence-electron chi connectivity index (χ3n) is 7.68. The molecule has 2 aromatic carbocycles. The lowest BCUT2D eigenvalue weighted by molar-refractivity contribution is -0.145. The molecule has 2 unspecified atom stereocenters. The summed E-state index contributed by atoms with van der Waals surface area (Å²) >= 11 is 1.35. The predicted molar refractivity (Wildman–Crippen MR) is 161 cm³/mol. The monoisotopic (exact) mass is 611 g/mol. The van der Waals surface area contributed by atoms with Gasteiger partial charge in [0.2, 0.25) is 5.91 Å². The van der Waals surface area contributed by atoms with E-state index < -0.39 is 23.8 Å². The summed E-state index contributed by atoms with van der Waals surface area (Å²) in [4.78, 5) is 49.9. The summed E-state index contributed by atoms with van der Waals surface area (Å²) in [5.41, 5.74) is 2.95. The molecule has 2 heterocycles. The van der Waals surface area contributed by atoms with Crippen molar-refractivity contribution >= 4 is 45.1 Å². The number of amides is 1. The smallest absolute Gasteiger partial charge is 0.306 e. The lowest BCUT2D eigenvalue weighted by Gasteiger charge is -2.16. The van der Waals surface area contributed by atoms with Crippen LogP contribution in [-0.2, 0) is 33.9 Å². The number of benzene rings is 2. The van der Waals surface area contributed by atoms with Crippen molar-refractivity contribution in [3.05, 3.63) is 51.9 Å². The molecule has 0 saturated carbocycles. The SMILES string of the molecule is COc1cc(CCCCOc2cc3c(cc2OC)CN(C(=O)CC(C)C(=O)O)C3)c2cc(C(=O)CC(C)C(=O)O)sc2c1. The highest BCUT2D eigenvalue weighted by Crippen LogP contribution is 2.37. The van der Waals surface area contributed by atoms with Crippen LogP contribution in [0.4, 0.5) is 0 Å². The molecule has 1 aliphatic rings. The normalized spacial score (nSPS) is 13.8. The summed E-state index contributed by atoms with van der Waals surface area (Å²) in [6.07, 6.45) is 2.21. The maximum absolute atomic E-state index is 12.7. The van der Waals surface area contributed by atoms with E-state index in [4.69, 9.17) is 19.3 Å². The number of carboxylic acids is 2. The van der Waals surface area contributed by atoms with E-state index in [2.05, 4.69) is 0 Å². The van der Waals surface area contributed by atoms with Crippen LogP contribution in [0, 0.1) is 11.8 Å². The van der Waals surface area contributed by atoms with Gasteiger partial charge in [-0.25, -0.2) is 0 Å². The molecule has 0 spiro atoms. The number of aryl methyl sites for hydroxylation is 1. The van der Waals surface area contributed by atoms with Crippen molar-refractivity contribution in [2.75, 3.05) is 20.8 Å². The van der Waals surface area contributed by atoms with Gasteiger partial charge in [0.25, 0.3) is 0 Å². The number of hydrogen-bond acceptors (Lipinski definition) is 8. The molecule has 0 fully saturated rings. The average Bonchev–Trinajstić information content (AvgIpc) is 3.60. The van der Waals surface area contributed by atoms with E-state index in [-0.39, 0.29) is 24.5 Å². The van der Waals surface area contributed by atoms with Gasteiger partial charge in [-0.2, -0.15) is 0 Å². The minimum Gasteiger partial charge on any atom is -0.497 e. The standard InChI is InChI=1S/C32H37NO9S/c1-18(31(36)37)9-25(34)29-15-24-20(11-23(40-3)14-28(24)43-29)7-5-6-8-42-27-13-22-17-33(16-21(22)12-26(27)41-4)30(35)10-19(2)32(38)39/h11-15,18-19H,5-10,16-17H2,1-4H3,(H,36,37)(H,38,39). The summed E-state index contributed by atoms with van der Waals surface area (Å²) in [6.45, 7) is 4.30. The average molecular weight is 612 g/mol. The first-order valence-electron chi connectivity index (χ1n) is 14.2. The minimum absolute atomic E-state index is 0.0453. The van der Waals surface area contributed by atoms with Crippen molar-refractivity contribution in [2.45, 2.75) is 59.0 Å². The van der Waals surface area contributed by atoms with Gasteiger partial charge in [-0.05, 0) is 71.7 Å². The summed E-state index contributed by atoms with van der Waals surface area (Å²) in [6, 6.07) is 9.48. The van der Waals surface area contributed by atoms with Crippen molar-refractivity contribution in [1.29, 1.82) is 0 Å². The zero-order valence-corrected chi connectivity index (χ0v) is 25.6. The number of hydrogen-bond donors (Lipinski definition) is 2. The Balaban J connectivity index is 1.36. The molecule has 0 radical (unpaired) electrons. The van der Waals surface area contributed by atoms with Crippen LogP contribution in [-0.4, -0.2) is 59.6 Å². The van der Waals surface area contributed by atoms with Crippen LogP contribution in [0.1, 0.15) is 65.9 Å². The van der Waals surface area contributed by atoms with Crippen molar-refractivity contribution in [3.8, 4) is 17.2 Å². The summed E-state index contributed by atoms with van der Waals surface area (Å²) < 4.78 is 18.0. The van der Waals surface area contributed by atoms with Gasteiger partial charge < -0.3 is 29.3 Å². The number of unbranched alkanes of at least 4 members (excludes halogenated alkanes) is 1. The van der Waals surface area contributed by atoms with E-state index in [0.29, 0.717) is 41.8 Å². The summed E-state index contributed by atoms with van der Waals surface area (Å²) in [5, 5.41) is 19.3. The van der Waals surface area contributed by atoms with Gasteiger partial charge in [0.15, 0.2) is 17.3 Å². The third kappa shape index (κ3) is 7.64. The molecular formula is C32H37NO9S. The van der Waals surface area contributed by atoms with E-state index in [9.17, 15) is 24.3 Å². The number of rotatable bonds is 15. The van der Waals surface area contributed by atoms with E-state index >= 15 is 0 Å². The number of Topliss-reactive ketones (excluding diaryl/α,β-unsaturated/α-hetero) is 1. The minimum atomic E-state index is -0.990. The van der Waals surface area contributed by atoms with Crippen molar-refractivity contribution in [1.82, 2.24) is 4.90 Å². The number of methoxy groups -OCH3 is 2. The number of thiophene rings is 1. The largest absolute Gasteiger partial charge is 0.497 e. The van der Waals surface area contributed by atoms with Crippen LogP contribution in [0.5, 0.6) is 17.2 Å². The van der Waals surface area contributed by atoms with Gasteiger partial charge in [-0.1, -0.05) is 13.8 Å². The van der Waals surface area contributed by atoms with E-state index in [1.165, 1.54) is 25.2 Å². The van der Waals surface area contributed by atoms with Crippen LogP contribution in [0.3, 0.4) is 0 Å². The molecule has 0 aliphatic carbocycles. The van der Waals surface area contributed by atoms with Gasteiger partial charge in [-0.3, -0.25) is 19.2 Å². The molecule has 1 aromatic heterocycles. The molecule has 0 bridgehead atoms. The highest BCUT2D eigenvalue weighted by atomic mass is 32.1. The van der Waals surface area contributed by atoms with Crippen molar-refractivity contribution in [2.24, 2.45) is 11.8 Å². The van der Waals surface area contributed by atoms with Gasteiger partial charge in [0.05, 0.1) is 37.5 Å². The van der Waals surface area contributed by atoms with E-state index in [1.54, 1.807) is 19.1 Å². The molecule has 11 heteroatoms. The maximum Gasteiger partial charge on any atom is 0.306 e. The maximum atomic E-state index is 12.7. The van der Waals surface area contributed by atoms with Gasteiger partial charge in [0.1, 0.15) is 5.75 Å². The number of carbonyl (C=O) groups excluding carboxylic acids is 2. The molecule has 10 nitrogen and oxygen atoms in total. The van der Waals surface area contributed by atoms with Crippen LogP contribution in [0.25, 0.3) is 10.1 Å². The van der Waals surface area contributed by atoms with E-state index in [1.807, 2.05) is 30.3 Å².